The molecule has 0 bridgehead atoms. The molecule has 1 aromatic carbocycles. The van der Waals surface area contributed by atoms with Gasteiger partial charge in [0.05, 0.1) is 5.56 Å². The second-order valence-electron chi connectivity index (χ2n) is 5.30. The average Bonchev–Trinajstić information content (AvgIpc) is 2.43. The van der Waals surface area contributed by atoms with Crippen molar-refractivity contribution >= 4 is 5.78 Å². The first-order valence-corrected chi connectivity index (χ1v) is 6.75. The minimum atomic E-state index is -0.769. The third kappa shape index (κ3) is 2.68. The highest BCUT2D eigenvalue weighted by Crippen LogP contribution is 2.33. The molecule has 4 heteroatoms. The number of hydrogen-bond acceptors (Lipinski definition) is 2. The van der Waals surface area contributed by atoms with Gasteiger partial charge < -0.3 is 5.73 Å². The third-order valence-electron chi connectivity index (χ3n) is 4.08. The highest BCUT2D eigenvalue weighted by Gasteiger charge is 2.33. The predicted octanol–water partition coefficient (Wildman–Crippen LogP) is 3.22. The Morgan fingerprint density at radius 1 is 1.32 bits per heavy atom. The first-order chi connectivity index (χ1) is 9.06. The fraction of sp³-hybridized carbons (Fsp3) is 0.533. The molecule has 104 valence electrons. The summed E-state index contributed by atoms with van der Waals surface area (Å²) in [6.07, 6.45) is 3.49. The van der Waals surface area contributed by atoms with E-state index in [4.69, 9.17) is 5.73 Å². The Balaban J connectivity index is 2.36. The van der Waals surface area contributed by atoms with Crippen LogP contribution in [0.2, 0.25) is 0 Å². The lowest BCUT2D eigenvalue weighted by Gasteiger charge is -2.29. The van der Waals surface area contributed by atoms with Gasteiger partial charge in [-0.3, -0.25) is 4.79 Å². The standard InChI is InChI=1S/C15H19F2NO/c1-9-6-7-12(16)13(14(9)17)15(19)11-5-3-2-4-10(11)8-18/h6-7,10-11H,2-5,8,18H2,1H3. The first-order valence-electron chi connectivity index (χ1n) is 6.75. The number of carbonyl (C=O) groups excluding carboxylic acids is 1. The molecule has 1 aliphatic carbocycles. The Labute approximate surface area is 112 Å². The van der Waals surface area contributed by atoms with Crippen molar-refractivity contribution in [3.05, 3.63) is 34.9 Å². The van der Waals surface area contributed by atoms with Gasteiger partial charge >= 0.3 is 0 Å². The minimum Gasteiger partial charge on any atom is -0.330 e. The van der Waals surface area contributed by atoms with Gasteiger partial charge in [0.25, 0.3) is 0 Å². The third-order valence-corrected chi connectivity index (χ3v) is 4.08. The fourth-order valence-corrected chi connectivity index (χ4v) is 2.90. The molecule has 19 heavy (non-hydrogen) atoms. The summed E-state index contributed by atoms with van der Waals surface area (Å²) >= 11 is 0. The molecule has 0 aliphatic heterocycles. The number of ketones is 1. The largest absolute Gasteiger partial charge is 0.330 e. The maximum Gasteiger partial charge on any atom is 0.172 e. The van der Waals surface area contributed by atoms with Crippen molar-refractivity contribution in [1.29, 1.82) is 0 Å². The lowest BCUT2D eigenvalue weighted by atomic mass is 9.75. The molecular weight excluding hydrogens is 248 g/mol. The molecule has 0 spiro atoms. The van der Waals surface area contributed by atoms with Crippen LogP contribution in [-0.2, 0) is 0 Å². The Hall–Kier alpha value is -1.29. The Morgan fingerprint density at radius 2 is 2.00 bits per heavy atom. The molecule has 2 nitrogen and oxygen atoms in total. The number of nitrogens with two attached hydrogens (primary N) is 1. The molecule has 1 aliphatic rings. The highest BCUT2D eigenvalue weighted by atomic mass is 19.1. The van der Waals surface area contributed by atoms with E-state index in [0.717, 1.165) is 25.3 Å². The SMILES string of the molecule is Cc1ccc(F)c(C(=O)C2CCCCC2CN)c1F. The van der Waals surface area contributed by atoms with E-state index in [9.17, 15) is 13.6 Å². The molecule has 2 N–H and O–H groups in total. The predicted molar refractivity (Wildman–Crippen MR) is 69.9 cm³/mol. The molecule has 2 rings (SSSR count). The Bertz CT molecular complexity index is 487. The lowest BCUT2D eigenvalue weighted by molar-refractivity contribution is 0.0820. The zero-order valence-corrected chi connectivity index (χ0v) is 11.1. The van der Waals surface area contributed by atoms with Crippen LogP contribution in [0.25, 0.3) is 0 Å². The molecule has 2 unspecified atom stereocenters. The summed E-state index contributed by atoms with van der Waals surface area (Å²) in [4.78, 5) is 12.4. The number of hydrogen-bond donors (Lipinski definition) is 1. The van der Waals surface area contributed by atoms with Crippen molar-refractivity contribution in [2.24, 2.45) is 17.6 Å². The molecular formula is C15H19F2NO. The maximum absolute atomic E-state index is 14.0. The summed E-state index contributed by atoms with van der Waals surface area (Å²) in [5.41, 5.74) is 5.59. The number of carbonyl (C=O) groups is 1. The van der Waals surface area contributed by atoms with E-state index >= 15 is 0 Å². The fourth-order valence-electron chi connectivity index (χ4n) is 2.90. The van der Waals surface area contributed by atoms with Crippen LogP contribution in [-0.4, -0.2) is 12.3 Å². The topological polar surface area (TPSA) is 43.1 Å². The Morgan fingerprint density at radius 3 is 2.68 bits per heavy atom. The quantitative estimate of drug-likeness (QED) is 0.854. The van der Waals surface area contributed by atoms with E-state index in [1.54, 1.807) is 0 Å². The van der Waals surface area contributed by atoms with Crippen molar-refractivity contribution in [3.8, 4) is 0 Å². The molecule has 0 heterocycles. The van der Waals surface area contributed by atoms with Gasteiger partial charge in [-0.25, -0.2) is 8.78 Å². The molecule has 1 aromatic rings. The zero-order valence-electron chi connectivity index (χ0n) is 11.1. The molecule has 1 fully saturated rings. The van der Waals surface area contributed by atoms with Crippen molar-refractivity contribution < 1.29 is 13.6 Å². The number of halogens is 2. The minimum absolute atomic E-state index is 0.0422. The summed E-state index contributed by atoms with van der Waals surface area (Å²) < 4.78 is 27.8. The van der Waals surface area contributed by atoms with Gasteiger partial charge in [-0.15, -0.1) is 0 Å². The van der Waals surface area contributed by atoms with Gasteiger partial charge in [0.2, 0.25) is 0 Å². The number of rotatable bonds is 3. The molecule has 1 saturated carbocycles. The van der Waals surface area contributed by atoms with Gasteiger partial charge in [-0.05, 0) is 43.9 Å². The summed E-state index contributed by atoms with van der Waals surface area (Å²) in [5, 5.41) is 0. The lowest BCUT2D eigenvalue weighted by Crippen LogP contribution is -2.33. The van der Waals surface area contributed by atoms with Crippen LogP contribution in [0.1, 0.15) is 41.6 Å². The summed E-state index contributed by atoms with van der Waals surface area (Å²) in [7, 11) is 0. The molecule has 0 radical (unpaired) electrons. The molecule has 2 atom stereocenters. The van der Waals surface area contributed by atoms with E-state index in [-0.39, 0.29) is 17.4 Å². The van der Waals surface area contributed by atoms with Crippen LogP contribution >= 0.6 is 0 Å². The van der Waals surface area contributed by atoms with Gasteiger partial charge in [0.15, 0.2) is 5.78 Å². The van der Waals surface area contributed by atoms with E-state index in [1.807, 2.05) is 0 Å². The zero-order chi connectivity index (χ0) is 14.0. The summed E-state index contributed by atoms with van der Waals surface area (Å²) in [6.45, 7) is 1.93. The van der Waals surface area contributed by atoms with Gasteiger partial charge in [0.1, 0.15) is 11.6 Å². The normalized spacial score (nSPS) is 23.4. The van der Waals surface area contributed by atoms with Crippen LogP contribution < -0.4 is 5.73 Å². The summed E-state index contributed by atoms with van der Waals surface area (Å²) in [6, 6.07) is 2.51. The van der Waals surface area contributed by atoms with E-state index in [0.29, 0.717) is 18.5 Å². The second-order valence-corrected chi connectivity index (χ2v) is 5.30. The number of aryl methyl sites for hydroxylation is 1. The number of Topliss-reactive ketones (excluding diaryl/α,β-unsaturated/α-hetero) is 1. The maximum atomic E-state index is 14.0. The molecule has 0 aromatic heterocycles. The summed E-state index contributed by atoms with van der Waals surface area (Å²) in [5.74, 6) is -2.22. The van der Waals surface area contributed by atoms with Crippen molar-refractivity contribution in [2.75, 3.05) is 6.54 Å². The van der Waals surface area contributed by atoms with Crippen LogP contribution in [0.4, 0.5) is 8.78 Å². The monoisotopic (exact) mass is 267 g/mol. The van der Waals surface area contributed by atoms with E-state index in [1.165, 1.54) is 13.0 Å². The van der Waals surface area contributed by atoms with Crippen molar-refractivity contribution in [1.82, 2.24) is 0 Å². The van der Waals surface area contributed by atoms with E-state index in [2.05, 4.69) is 0 Å². The van der Waals surface area contributed by atoms with Gasteiger partial charge in [-0.1, -0.05) is 18.9 Å². The van der Waals surface area contributed by atoms with Gasteiger partial charge in [0, 0.05) is 5.92 Å². The van der Waals surface area contributed by atoms with Crippen LogP contribution in [0, 0.1) is 30.4 Å². The Kier molecular flexibility index (Phi) is 4.30. The van der Waals surface area contributed by atoms with Crippen LogP contribution in [0.3, 0.4) is 0 Å². The molecule has 0 amide bonds. The highest BCUT2D eigenvalue weighted by molar-refractivity contribution is 5.98. The van der Waals surface area contributed by atoms with Crippen molar-refractivity contribution in [2.45, 2.75) is 32.6 Å². The first kappa shape index (κ1) is 14.1. The van der Waals surface area contributed by atoms with Crippen molar-refractivity contribution in [3.63, 3.8) is 0 Å². The molecule has 0 saturated heterocycles. The van der Waals surface area contributed by atoms with Gasteiger partial charge in [-0.2, -0.15) is 0 Å². The second kappa shape index (κ2) is 5.78. The number of benzene rings is 1. The van der Waals surface area contributed by atoms with E-state index < -0.39 is 17.4 Å². The average molecular weight is 267 g/mol. The van der Waals surface area contributed by atoms with Crippen LogP contribution in [0.15, 0.2) is 12.1 Å². The van der Waals surface area contributed by atoms with Crippen LogP contribution in [0.5, 0.6) is 0 Å². The smallest absolute Gasteiger partial charge is 0.172 e.